The van der Waals surface area contributed by atoms with Crippen molar-refractivity contribution in [2.24, 2.45) is 11.8 Å². The van der Waals surface area contributed by atoms with E-state index in [0.29, 0.717) is 11.7 Å². The second-order valence-electron chi connectivity index (χ2n) is 8.13. The highest BCUT2D eigenvalue weighted by Crippen LogP contribution is 2.44. The molecule has 1 aromatic rings. The number of halogens is 4. The number of pyridine rings is 1. The van der Waals surface area contributed by atoms with Crippen molar-refractivity contribution in [2.75, 3.05) is 26.2 Å². The summed E-state index contributed by atoms with van der Waals surface area (Å²) in [6.45, 7) is 1.94. The Kier molecular flexibility index (Phi) is 4.87. The van der Waals surface area contributed by atoms with Gasteiger partial charge in [0, 0.05) is 31.1 Å². The number of fused-ring (bicyclic) bond motifs is 2. The van der Waals surface area contributed by atoms with Crippen LogP contribution in [0.3, 0.4) is 0 Å². The molecule has 3 aliphatic rings. The summed E-state index contributed by atoms with van der Waals surface area (Å²) < 4.78 is 38.8. The molecule has 148 valence electrons. The molecular weight excluding hydrogens is 379 g/mol. The molecule has 1 aromatic heterocycles. The van der Waals surface area contributed by atoms with Crippen LogP contribution in [0.4, 0.5) is 13.2 Å². The van der Waals surface area contributed by atoms with E-state index in [1.165, 1.54) is 0 Å². The number of H-pyrrole nitrogens is 1. The van der Waals surface area contributed by atoms with Gasteiger partial charge in [-0.25, -0.2) is 0 Å². The summed E-state index contributed by atoms with van der Waals surface area (Å²) in [4.78, 5) is 18.2. The molecule has 2 aliphatic heterocycles. The summed E-state index contributed by atoms with van der Waals surface area (Å²) in [6.07, 6.45) is -1.30. The van der Waals surface area contributed by atoms with E-state index in [1.54, 1.807) is 4.90 Å². The summed E-state index contributed by atoms with van der Waals surface area (Å²) in [5, 5.41) is 2.76. The van der Waals surface area contributed by atoms with Gasteiger partial charge in [0.2, 0.25) is 5.91 Å². The van der Waals surface area contributed by atoms with E-state index in [1.807, 2.05) is 12.1 Å². The highest BCUT2D eigenvalue weighted by atomic mass is 35.5. The molecule has 2 fully saturated rings. The number of piperidine rings is 1. The fraction of sp³-hybridized carbons (Fsp3) is 0.684. The average Bonchev–Trinajstić information content (AvgIpc) is 3.04. The van der Waals surface area contributed by atoms with Gasteiger partial charge in [-0.1, -0.05) is 0 Å². The maximum atomic E-state index is 13.3. The van der Waals surface area contributed by atoms with Gasteiger partial charge in [-0.2, -0.15) is 18.2 Å². The lowest BCUT2D eigenvalue weighted by Crippen LogP contribution is -2.82. The van der Waals surface area contributed by atoms with Gasteiger partial charge in [-0.15, -0.1) is 0 Å². The minimum Gasteiger partial charge on any atom is -0.345 e. The third-order valence-corrected chi connectivity index (χ3v) is 6.94. The van der Waals surface area contributed by atoms with Gasteiger partial charge in [0.15, 0.2) is 5.69 Å². The number of hydrogen-bond donors (Lipinski definition) is 1. The topological polar surface area (TPSA) is 51.1 Å². The molecule has 2 saturated heterocycles. The lowest BCUT2D eigenvalue weighted by Gasteiger charge is -2.39. The minimum absolute atomic E-state index is 0.0125. The summed E-state index contributed by atoms with van der Waals surface area (Å²) in [6, 6.07) is 3.87. The molecule has 0 bridgehead atoms. The number of hydrogen-bond acceptors (Lipinski definition) is 1. The van der Waals surface area contributed by atoms with Crippen LogP contribution in [0, 0.1) is 11.8 Å². The number of nitrogens with zero attached hydrogens (tertiary/aromatic N) is 1. The lowest BCUT2D eigenvalue weighted by atomic mass is 9.65. The Labute approximate surface area is 161 Å². The number of likely N-dealkylation sites (tertiary alicyclic amines) is 1. The number of carbonyl (C=O) groups is 1. The largest absolute Gasteiger partial charge is 0.391 e. The Hall–Kier alpha value is -1.34. The average molecular weight is 404 g/mol. The van der Waals surface area contributed by atoms with E-state index >= 15 is 0 Å². The van der Waals surface area contributed by atoms with Crippen LogP contribution in [0.15, 0.2) is 12.1 Å². The second kappa shape index (κ2) is 6.92. The summed E-state index contributed by atoms with van der Waals surface area (Å²) >= 11 is 6.11. The first kappa shape index (κ1) is 19.0. The molecule has 0 saturated carbocycles. The summed E-state index contributed by atoms with van der Waals surface area (Å²) in [5.74, 6) is -1.45. The fourth-order valence-corrected chi connectivity index (χ4v) is 5.50. The highest BCUT2D eigenvalue weighted by molar-refractivity contribution is 6.28. The molecule has 0 radical (unpaired) electrons. The molecule has 1 amide bonds. The Bertz CT molecular complexity index is 733. The van der Waals surface area contributed by atoms with Crippen LogP contribution in [0.1, 0.15) is 36.9 Å². The van der Waals surface area contributed by atoms with Gasteiger partial charge in [0.05, 0.1) is 24.4 Å². The second-order valence-corrected chi connectivity index (χ2v) is 8.54. The Balaban J connectivity index is 1.56. The van der Waals surface area contributed by atoms with Crippen molar-refractivity contribution in [1.82, 2.24) is 4.90 Å². The minimum atomic E-state index is -4.16. The first-order valence-electron chi connectivity index (χ1n) is 9.69. The number of amides is 1. The monoisotopic (exact) mass is 403 g/mol. The molecule has 1 aliphatic carbocycles. The van der Waals surface area contributed by atoms with Crippen LogP contribution in [0.2, 0.25) is 5.15 Å². The third kappa shape index (κ3) is 3.33. The number of aryl methyl sites for hydroxylation is 1. The molecule has 4 rings (SSSR count). The van der Waals surface area contributed by atoms with Crippen molar-refractivity contribution < 1.29 is 28.3 Å². The van der Waals surface area contributed by atoms with E-state index in [-0.39, 0.29) is 43.2 Å². The number of nitrogens with one attached hydrogen (secondary N) is 1. The Morgan fingerprint density at radius 2 is 2.04 bits per heavy atom. The first-order chi connectivity index (χ1) is 12.8. The molecule has 0 aromatic carbocycles. The van der Waals surface area contributed by atoms with E-state index in [2.05, 4.69) is 10.3 Å². The van der Waals surface area contributed by atoms with Crippen LogP contribution in [0.5, 0.6) is 0 Å². The van der Waals surface area contributed by atoms with Crippen LogP contribution < -0.4 is 10.3 Å². The first-order valence-corrected chi connectivity index (χ1v) is 10.1. The highest BCUT2D eigenvalue weighted by Gasteiger charge is 2.55. The number of carbonyl (C=O) groups excluding carboxylic acids is 1. The van der Waals surface area contributed by atoms with Gasteiger partial charge >= 0.3 is 6.18 Å². The zero-order valence-electron chi connectivity index (χ0n) is 15.1. The van der Waals surface area contributed by atoms with Crippen molar-refractivity contribution >= 4 is 17.5 Å². The number of aromatic nitrogens is 1. The molecule has 27 heavy (non-hydrogen) atoms. The van der Waals surface area contributed by atoms with Gasteiger partial charge in [-0.05, 0) is 43.4 Å². The zero-order chi connectivity index (χ0) is 19.2. The molecule has 1 spiro atoms. The lowest BCUT2D eigenvalue weighted by molar-refractivity contribution is -0.640. The van der Waals surface area contributed by atoms with Crippen molar-refractivity contribution in [3.05, 3.63) is 28.5 Å². The Morgan fingerprint density at radius 1 is 1.30 bits per heavy atom. The van der Waals surface area contributed by atoms with Crippen LogP contribution in [-0.4, -0.2) is 43.2 Å². The number of rotatable bonds is 1. The van der Waals surface area contributed by atoms with E-state index in [4.69, 9.17) is 11.6 Å². The Morgan fingerprint density at radius 3 is 2.74 bits per heavy atom. The van der Waals surface area contributed by atoms with Gasteiger partial charge < -0.3 is 10.2 Å². The van der Waals surface area contributed by atoms with Crippen molar-refractivity contribution in [2.45, 2.75) is 43.7 Å². The molecule has 8 heteroatoms. The summed E-state index contributed by atoms with van der Waals surface area (Å²) in [7, 11) is 0. The van der Waals surface area contributed by atoms with Crippen molar-refractivity contribution in [3.8, 4) is 0 Å². The van der Waals surface area contributed by atoms with Gasteiger partial charge in [-0.3, -0.25) is 4.79 Å². The quantitative estimate of drug-likeness (QED) is 0.713. The van der Waals surface area contributed by atoms with Crippen LogP contribution in [0.25, 0.3) is 0 Å². The van der Waals surface area contributed by atoms with E-state index in [0.717, 1.165) is 37.1 Å². The number of nitrogens with two attached hydrogens (primary N) is 1. The molecule has 2 atom stereocenters. The molecule has 0 unspecified atom stereocenters. The standard InChI is InChI=1S/C19H23ClF3N3O/c20-16-4-3-13-15(25-16)2-1-7-18(13)11-24-10-14(18)17(27)26-8-5-12(6-9-26)19(21,22)23/h3-4,12,14,24H,1-2,5-11H2/p+2/t14-,18-/m0/s1. The predicted octanol–water partition coefficient (Wildman–Crippen LogP) is 1.72. The van der Waals surface area contributed by atoms with Crippen molar-refractivity contribution in [1.29, 1.82) is 0 Å². The normalized spacial score (nSPS) is 29.2. The number of aromatic amines is 1. The zero-order valence-corrected chi connectivity index (χ0v) is 15.9. The SMILES string of the molecule is O=C([C@@H]1C[NH2+]C[C@]12CCCc1[nH+]c(Cl)ccc12)N1CCC(C(F)(F)F)CC1. The fourth-order valence-electron chi connectivity index (χ4n) is 5.32. The summed E-state index contributed by atoms with van der Waals surface area (Å²) in [5.41, 5.74) is 2.01. The third-order valence-electron chi connectivity index (χ3n) is 6.72. The van der Waals surface area contributed by atoms with Crippen LogP contribution >= 0.6 is 11.6 Å². The van der Waals surface area contributed by atoms with E-state index in [9.17, 15) is 18.0 Å². The van der Waals surface area contributed by atoms with Gasteiger partial charge in [0.1, 0.15) is 5.92 Å². The predicted molar refractivity (Wildman–Crippen MR) is 93.1 cm³/mol. The molecular formula is C19H25ClF3N3O+2. The smallest absolute Gasteiger partial charge is 0.345 e. The van der Waals surface area contributed by atoms with Crippen molar-refractivity contribution in [3.63, 3.8) is 0 Å². The number of alkyl halides is 3. The van der Waals surface area contributed by atoms with Gasteiger partial charge in [0.25, 0.3) is 5.15 Å². The maximum Gasteiger partial charge on any atom is 0.391 e. The van der Waals surface area contributed by atoms with Crippen LogP contribution in [-0.2, 0) is 16.6 Å². The molecule has 4 nitrogen and oxygen atoms in total. The molecule has 3 N–H and O–H groups in total. The molecule has 3 heterocycles. The number of quaternary nitrogens is 1. The van der Waals surface area contributed by atoms with E-state index < -0.39 is 12.1 Å². The maximum absolute atomic E-state index is 13.3.